The predicted molar refractivity (Wildman–Crippen MR) is 132 cm³/mol. The quantitative estimate of drug-likeness (QED) is 0.364. The number of nitrogens with zero attached hydrogens (tertiary/aromatic N) is 5. The number of hydrogen-bond donors (Lipinski definition) is 3. The van der Waals surface area contributed by atoms with Gasteiger partial charge < -0.3 is 20.7 Å². The Hall–Kier alpha value is -4.67. The topological polar surface area (TPSA) is 127 Å². The van der Waals surface area contributed by atoms with E-state index >= 15 is 0 Å². The Morgan fingerprint density at radius 1 is 1.26 bits per heavy atom. The molecule has 5 aromatic rings. The molecular weight excluding hydrogens is 451 g/mol. The molecule has 0 saturated heterocycles. The van der Waals surface area contributed by atoms with Crippen LogP contribution in [0.5, 0.6) is 5.75 Å². The lowest BCUT2D eigenvalue weighted by Gasteiger charge is -2.30. The summed E-state index contributed by atoms with van der Waals surface area (Å²) in [7, 11) is 1.84. The van der Waals surface area contributed by atoms with E-state index in [4.69, 9.17) is 15.5 Å². The molecule has 0 radical (unpaired) electrons. The first-order chi connectivity index (χ1) is 17.0. The van der Waals surface area contributed by atoms with Crippen molar-refractivity contribution in [2.24, 2.45) is 0 Å². The minimum Gasteiger partial charge on any atom is -0.484 e. The van der Waals surface area contributed by atoms with Crippen LogP contribution in [0.4, 0.5) is 21.8 Å². The van der Waals surface area contributed by atoms with E-state index in [0.29, 0.717) is 52.4 Å². The number of nitrogens with one attached hydrogen (secondary N) is 2. The Labute approximate surface area is 198 Å². The van der Waals surface area contributed by atoms with E-state index in [2.05, 4.69) is 20.5 Å². The molecule has 0 amide bonds. The first-order valence-electron chi connectivity index (χ1n) is 11.0. The monoisotopic (exact) mass is 472 g/mol. The lowest BCUT2D eigenvalue weighted by molar-refractivity contribution is 0.211. The number of likely N-dealkylation sites (N-methyl/N-ethyl adjacent to an activating group) is 1. The molecule has 10 nitrogen and oxygen atoms in total. The van der Waals surface area contributed by atoms with Gasteiger partial charge in [0.15, 0.2) is 11.5 Å². The summed E-state index contributed by atoms with van der Waals surface area (Å²) in [5, 5.41) is 11.0. The van der Waals surface area contributed by atoms with Gasteiger partial charge in [0, 0.05) is 19.3 Å². The molecule has 4 heterocycles. The van der Waals surface area contributed by atoms with Crippen LogP contribution in [0.1, 0.15) is 0 Å². The lowest BCUT2D eigenvalue weighted by Crippen LogP contribution is -2.41. The van der Waals surface area contributed by atoms with Crippen LogP contribution in [0.25, 0.3) is 27.6 Å². The number of hydrogen-bond acceptors (Lipinski definition) is 8. The summed E-state index contributed by atoms with van der Waals surface area (Å²) in [6.45, 7) is 0.975. The minimum absolute atomic E-state index is 0.122. The van der Waals surface area contributed by atoms with Gasteiger partial charge in [-0.25, -0.2) is 9.37 Å². The van der Waals surface area contributed by atoms with Gasteiger partial charge in [0.1, 0.15) is 23.1 Å². The molecule has 4 N–H and O–H groups in total. The highest BCUT2D eigenvalue weighted by molar-refractivity contribution is 6.05. The Kier molecular flexibility index (Phi) is 4.76. The van der Waals surface area contributed by atoms with Gasteiger partial charge in [-0.15, -0.1) is 0 Å². The second-order valence-electron chi connectivity index (χ2n) is 8.38. The number of pyridine rings is 1. The maximum absolute atomic E-state index is 13.6. The summed E-state index contributed by atoms with van der Waals surface area (Å²) < 4.78 is 21.1. The van der Waals surface area contributed by atoms with Crippen molar-refractivity contribution in [1.29, 1.82) is 0 Å². The Balaban J connectivity index is 1.41. The van der Waals surface area contributed by atoms with Crippen LogP contribution in [-0.2, 0) is 0 Å². The zero-order chi connectivity index (χ0) is 24.1. The first-order valence-corrected chi connectivity index (χ1v) is 11.0. The van der Waals surface area contributed by atoms with Gasteiger partial charge in [-0.2, -0.15) is 10.1 Å². The normalized spacial score (nSPS) is 15.0. The fourth-order valence-electron chi connectivity index (χ4n) is 4.36. The Morgan fingerprint density at radius 2 is 2.09 bits per heavy atom. The average molecular weight is 472 g/mol. The van der Waals surface area contributed by atoms with Crippen molar-refractivity contribution >= 4 is 39.4 Å². The van der Waals surface area contributed by atoms with Crippen LogP contribution in [0.2, 0.25) is 0 Å². The second-order valence-corrected chi connectivity index (χ2v) is 8.38. The molecule has 0 saturated carbocycles. The molecular formula is C24H21FN8O2. The number of nitrogen functional groups attached to an aromatic ring is 1. The van der Waals surface area contributed by atoms with Crippen molar-refractivity contribution in [2.45, 2.75) is 6.10 Å². The van der Waals surface area contributed by atoms with Gasteiger partial charge in [0.25, 0.3) is 5.56 Å². The summed E-state index contributed by atoms with van der Waals surface area (Å²) in [5.41, 5.74) is 7.98. The Morgan fingerprint density at radius 3 is 2.91 bits per heavy atom. The zero-order valence-electron chi connectivity index (χ0n) is 18.7. The van der Waals surface area contributed by atoms with Gasteiger partial charge in [0.05, 0.1) is 35.4 Å². The first kappa shape index (κ1) is 20.9. The molecule has 1 aliphatic heterocycles. The number of halogens is 1. The number of ether oxygens (including phenoxy) is 1. The van der Waals surface area contributed by atoms with Crippen LogP contribution < -0.4 is 26.2 Å². The third-order valence-corrected chi connectivity index (χ3v) is 6.04. The standard InChI is InChI=1S/C24H21FN8O2/c1-32(12-15-10-27-17-8-7-13(25)9-18(17)35-15)24-28-11-16-20-19(21(26)31-30-20)23(34)33(22(16)29-24)14-5-3-2-4-6-14/h2-9,11,15,27H,10,12H2,1H3,(H3,26,30,31). The van der Waals surface area contributed by atoms with Crippen molar-refractivity contribution in [3.63, 3.8) is 0 Å². The van der Waals surface area contributed by atoms with Gasteiger partial charge in [-0.1, -0.05) is 18.2 Å². The van der Waals surface area contributed by atoms with Gasteiger partial charge in [0.2, 0.25) is 5.95 Å². The van der Waals surface area contributed by atoms with E-state index in [9.17, 15) is 9.18 Å². The highest BCUT2D eigenvalue weighted by Crippen LogP contribution is 2.30. The average Bonchev–Trinajstić information content (AvgIpc) is 3.26. The molecule has 1 atom stereocenters. The largest absolute Gasteiger partial charge is 0.484 e. The van der Waals surface area contributed by atoms with E-state index in [1.807, 2.05) is 42.3 Å². The number of nitrogens with two attached hydrogens (primary N) is 1. The molecule has 0 bridgehead atoms. The number of benzene rings is 2. The second kappa shape index (κ2) is 7.97. The SMILES string of the molecule is CN(CC1CNc2ccc(F)cc2O1)c1ncc2c3[nH]nc(N)c3c(=O)n(-c3ccccc3)c2n1. The van der Waals surface area contributed by atoms with Crippen molar-refractivity contribution < 1.29 is 9.13 Å². The minimum atomic E-state index is -0.359. The zero-order valence-corrected chi connectivity index (χ0v) is 18.7. The van der Waals surface area contributed by atoms with Crippen molar-refractivity contribution in [1.82, 2.24) is 24.7 Å². The van der Waals surface area contributed by atoms with E-state index in [1.54, 1.807) is 12.3 Å². The molecule has 3 aromatic heterocycles. The smallest absolute Gasteiger partial charge is 0.270 e. The number of para-hydroxylation sites is 1. The molecule has 2 aromatic carbocycles. The molecule has 35 heavy (non-hydrogen) atoms. The molecule has 1 aliphatic rings. The fourth-order valence-corrected chi connectivity index (χ4v) is 4.36. The summed E-state index contributed by atoms with van der Waals surface area (Å²) >= 11 is 0. The molecule has 1 unspecified atom stereocenters. The highest BCUT2D eigenvalue weighted by Gasteiger charge is 2.24. The van der Waals surface area contributed by atoms with E-state index in [0.717, 1.165) is 5.69 Å². The van der Waals surface area contributed by atoms with Crippen molar-refractivity contribution in [2.75, 3.05) is 36.1 Å². The third-order valence-electron chi connectivity index (χ3n) is 6.04. The number of aromatic nitrogens is 5. The maximum atomic E-state index is 13.6. The molecule has 0 aliphatic carbocycles. The van der Waals surface area contributed by atoms with E-state index in [1.165, 1.54) is 16.7 Å². The van der Waals surface area contributed by atoms with Crippen LogP contribution in [-0.4, -0.2) is 51.0 Å². The molecule has 0 fully saturated rings. The predicted octanol–water partition coefficient (Wildman–Crippen LogP) is 2.69. The molecule has 176 valence electrons. The van der Waals surface area contributed by atoms with E-state index < -0.39 is 0 Å². The fraction of sp³-hybridized carbons (Fsp3) is 0.167. The summed E-state index contributed by atoms with van der Waals surface area (Å²) in [5.74, 6) is 0.631. The van der Waals surface area contributed by atoms with Crippen LogP contribution >= 0.6 is 0 Å². The summed E-state index contributed by atoms with van der Waals surface area (Å²) in [4.78, 5) is 24.6. The Bertz CT molecular complexity index is 1630. The van der Waals surface area contributed by atoms with Crippen molar-refractivity contribution in [3.05, 3.63) is 70.9 Å². The number of rotatable bonds is 4. The van der Waals surface area contributed by atoms with Crippen LogP contribution in [0.3, 0.4) is 0 Å². The number of H-pyrrole nitrogens is 1. The summed E-state index contributed by atoms with van der Waals surface area (Å²) in [6, 6.07) is 13.6. The number of fused-ring (bicyclic) bond motifs is 4. The van der Waals surface area contributed by atoms with E-state index in [-0.39, 0.29) is 23.3 Å². The summed E-state index contributed by atoms with van der Waals surface area (Å²) in [6.07, 6.45) is 1.39. The molecule has 0 spiro atoms. The lowest BCUT2D eigenvalue weighted by atomic mass is 10.2. The van der Waals surface area contributed by atoms with Gasteiger partial charge in [-0.05, 0) is 24.3 Å². The third kappa shape index (κ3) is 3.48. The number of aromatic amines is 1. The molecule has 11 heteroatoms. The van der Waals surface area contributed by atoms with Crippen LogP contribution in [0, 0.1) is 5.82 Å². The number of anilines is 3. The molecule has 6 rings (SSSR count). The van der Waals surface area contributed by atoms with Gasteiger partial charge in [-0.3, -0.25) is 14.5 Å². The maximum Gasteiger partial charge on any atom is 0.270 e. The van der Waals surface area contributed by atoms with Gasteiger partial charge >= 0.3 is 0 Å². The van der Waals surface area contributed by atoms with Crippen molar-refractivity contribution in [3.8, 4) is 11.4 Å². The highest BCUT2D eigenvalue weighted by atomic mass is 19.1. The van der Waals surface area contributed by atoms with Crippen LogP contribution in [0.15, 0.2) is 59.5 Å².